The zero-order chi connectivity index (χ0) is 18.2. The summed E-state index contributed by atoms with van der Waals surface area (Å²) in [5.41, 5.74) is 0.967. The van der Waals surface area contributed by atoms with Crippen molar-refractivity contribution in [2.45, 2.75) is 20.8 Å². The number of carbonyl (C=O) groups is 1. The topological polar surface area (TPSA) is 69.0 Å². The van der Waals surface area contributed by atoms with Gasteiger partial charge in [0.05, 0.1) is 28.4 Å². The van der Waals surface area contributed by atoms with Crippen molar-refractivity contribution >= 4 is 44.9 Å². The van der Waals surface area contributed by atoms with Crippen LogP contribution in [0.1, 0.15) is 19.5 Å². The summed E-state index contributed by atoms with van der Waals surface area (Å²) < 4.78 is 7.89. The van der Waals surface area contributed by atoms with Crippen LogP contribution in [0.15, 0.2) is 24.3 Å². The number of methoxy groups -OCH3 is 1. The lowest BCUT2D eigenvalue weighted by Gasteiger charge is -2.20. The SMILES string of the molecule is COc1ccc2nc(-n3nc(C)cc3NC(=O)C(C)(C)CCl)sc2c1. The zero-order valence-electron chi connectivity index (χ0n) is 14.5. The van der Waals surface area contributed by atoms with Gasteiger partial charge in [0.15, 0.2) is 0 Å². The van der Waals surface area contributed by atoms with E-state index in [0.29, 0.717) is 10.9 Å². The Labute approximate surface area is 154 Å². The average molecular weight is 379 g/mol. The monoisotopic (exact) mass is 378 g/mol. The van der Waals surface area contributed by atoms with Crippen LogP contribution in [0.2, 0.25) is 0 Å². The van der Waals surface area contributed by atoms with Gasteiger partial charge in [-0.1, -0.05) is 11.3 Å². The number of halogens is 1. The first-order valence-electron chi connectivity index (χ1n) is 7.73. The molecule has 0 unspecified atom stereocenters. The van der Waals surface area contributed by atoms with E-state index in [1.54, 1.807) is 25.6 Å². The number of ether oxygens (including phenoxy) is 1. The van der Waals surface area contributed by atoms with Crippen LogP contribution in [0.25, 0.3) is 15.3 Å². The molecule has 132 valence electrons. The molecule has 1 aromatic carbocycles. The van der Waals surface area contributed by atoms with E-state index in [0.717, 1.165) is 21.7 Å². The van der Waals surface area contributed by atoms with Gasteiger partial charge in [0, 0.05) is 11.9 Å². The van der Waals surface area contributed by atoms with Gasteiger partial charge in [-0.3, -0.25) is 4.79 Å². The Morgan fingerprint density at radius 1 is 1.40 bits per heavy atom. The van der Waals surface area contributed by atoms with E-state index in [4.69, 9.17) is 16.3 Å². The number of nitrogens with one attached hydrogen (secondary N) is 1. The van der Waals surface area contributed by atoms with E-state index in [9.17, 15) is 4.79 Å². The summed E-state index contributed by atoms with van der Waals surface area (Å²) in [7, 11) is 1.63. The molecule has 0 saturated carbocycles. The highest BCUT2D eigenvalue weighted by molar-refractivity contribution is 7.20. The van der Waals surface area contributed by atoms with Crippen LogP contribution < -0.4 is 10.1 Å². The molecule has 0 spiro atoms. The molecule has 0 atom stereocenters. The lowest BCUT2D eigenvalue weighted by Crippen LogP contribution is -2.32. The summed E-state index contributed by atoms with van der Waals surface area (Å²) >= 11 is 7.37. The number of hydrogen-bond acceptors (Lipinski definition) is 5. The van der Waals surface area contributed by atoms with Crippen molar-refractivity contribution < 1.29 is 9.53 Å². The van der Waals surface area contributed by atoms with Crippen molar-refractivity contribution in [3.05, 3.63) is 30.0 Å². The number of alkyl halides is 1. The summed E-state index contributed by atoms with van der Waals surface area (Å²) in [4.78, 5) is 17.1. The molecule has 0 radical (unpaired) electrons. The quantitative estimate of drug-likeness (QED) is 0.681. The van der Waals surface area contributed by atoms with E-state index in [1.807, 2.05) is 31.2 Å². The number of aryl methyl sites for hydroxylation is 1. The van der Waals surface area contributed by atoms with Gasteiger partial charge in [-0.25, -0.2) is 4.98 Å². The third-order valence-electron chi connectivity index (χ3n) is 3.79. The first-order chi connectivity index (χ1) is 11.8. The largest absolute Gasteiger partial charge is 0.497 e. The van der Waals surface area contributed by atoms with E-state index in [2.05, 4.69) is 15.4 Å². The summed E-state index contributed by atoms with van der Waals surface area (Å²) in [6, 6.07) is 7.52. The van der Waals surface area contributed by atoms with Crippen LogP contribution in [0.4, 0.5) is 5.82 Å². The van der Waals surface area contributed by atoms with Crippen molar-refractivity contribution in [3.8, 4) is 10.9 Å². The van der Waals surface area contributed by atoms with E-state index < -0.39 is 5.41 Å². The van der Waals surface area contributed by atoms with Gasteiger partial charge in [-0.05, 0) is 39.0 Å². The number of anilines is 1. The molecule has 0 bridgehead atoms. The molecule has 8 heteroatoms. The van der Waals surface area contributed by atoms with Gasteiger partial charge in [0.1, 0.15) is 11.6 Å². The van der Waals surface area contributed by atoms with E-state index in [1.165, 1.54) is 11.3 Å². The average Bonchev–Trinajstić information content (AvgIpc) is 3.16. The maximum absolute atomic E-state index is 12.4. The lowest BCUT2D eigenvalue weighted by atomic mass is 9.95. The molecule has 3 rings (SSSR count). The van der Waals surface area contributed by atoms with Crippen molar-refractivity contribution in [1.29, 1.82) is 0 Å². The number of carbonyl (C=O) groups excluding carboxylic acids is 1. The standard InChI is InChI=1S/C17H19ClN4O2S/c1-10-7-14(20-15(23)17(2,3)9-18)22(21-10)16-19-12-6-5-11(24-4)8-13(12)25-16/h5-8H,9H2,1-4H3,(H,20,23). The van der Waals surface area contributed by atoms with Crippen molar-refractivity contribution in [1.82, 2.24) is 14.8 Å². The number of rotatable bonds is 5. The number of aromatic nitrogens is 3. The minimum Gasteiger partial charge on any atom is -0.497 e. The van der Waals surface area contributed by atoms with Crippen molar-refractivity contribution in [3.63, 3.8) is 0 Å². The fourth-order valence-electron chi connectivity index (χ4n) is 2.19. The zero-order valence-corrected chi connectivity index (χ0v) is 16.0. The predicted molar refractivity (Wildman–Crippen MR) is 101 cm³/mol. The molecule has 1 amide bonds. The first kappa shape index (κ1) is 17.7. The molecule has 25 heavy (non-hydrogen) atoms. The van der Waals surface area contributed by atoms with E-state index >= 15 is 0 Å². The van der Waals surface area contributed by atoms with Gasteiger partial charge in [0.25, 0.3) is 0 Å². The molecule has 0 aliphatic heterocycles. The molecule has 0 saturated heterocycles. The molecular formula is C17H19ClN4O2S. The van der Waals surface area contributed by atoms with Crippen LogP contribution in [-0.4, -0.2) is 33.7 Å². The number of hydrogen-bond donors (Lipinski definition) is 1. The second-order valence-electron chi connectivity index (χ2n) is 6.38. The molecule has 2 aromatic heterocycles. The van der Waals surface area contributed by atoms with Crippen molar-refractivity contribution in [2.75, 3.05) is 18.3 Å². The van der Waals surface area contributed by atoms with Crippen molar-refractivity contribution in [2.24, 2.45) is 5.41 Å². The number of benzene rings is 1. The highest BCUT2D eigenvalue weighted by atomic mass is 35.5. The number of thiazole rings is 1. The molecule has 0 aliphatic carbocycles. The normalized spacial score (nSPS) is 11.7. The summed E-state index contributed by atoms with van der Waals surface area (Å²) in [5, 5.41) is 8.05. The predicted octanol–water partition coefficient (Wildman–Crippen LogP) is 4.00. The minimum atomic E-state index is -0.675. The third kappa shape index (κ3) is 3.48. The minimum absolute atomic E-state index is 0.161. The molecule has 0 aliphatic rings. The third-order valence-corrected chi connectivity index (χ3v) is 5.45. The Hall–Kier alpha value is -2.12. The molecule has 1 N–H and O–H groups in total. The molecular weight excluding hydrogens is 360 g/mol. The molecule has 6 nitrogen and oxygen atoms in total. The first-order valence-corrected chi connectivity index (χ1v) is 9.08. The Morgan fingerprint density at radius 3 is 2.84 bits per heavy atom. The van der Waals surface area contributed by atoms with E-state index in [-0.39, 0.29) is 11.8 Å². The number of amides is 1. The van der Waals surface area contributed by atoms with Gasteiger partial charge in [0.2, 0.25) is 11.0 Å². The van der Waals surface area contributed by atoms with Crippen LogP contribution in [0.3, 0.4) is 0 Å². The summed E-state index contributed by atoms with van der Waals surface area (Å²) in [6.45, 7) is 5.47. The Kier molecular flexibility index (Phi) is 4.71. The fourth-order valence-corrected chi connectivity index (χ4v) is 3.27. The van der Waals surface area contributed by atoms with Gasteiger partial charge >= 0.3 is 0 Å². The summed E-state index contributed by atoms with van der Waals surface area (Å²) in [5.74, 6) is 1.42. The maximum atomic E-state index is 12.4. The lowest BCUT2D eigenvalue weighted by molar-refractivity contribution is -0.123. The van der Waals surface area contributed by atoms with Crippen LogP contribution in [0.5, 0.6) is 5.75 Å². The van der Waals surface area contributed by atoms with Crippen LogP contribution in [0, 0.1) is 12.3 Å². The maximum Gasteiger partial charge on any atom is 0.232 e. The summed E-state index contributed by atoms with van der Waals surface area (Å²) in [6.07, 6.45) is 0. The second kappa shape index (κ2) is 6.65. The second-order valence-corrected chi connectivity index (χ2v) is 7.66. The highest BCUT2D eigenvalue weighted by Gasteiger charge is 2.28. The fraction of sp³-hybridized carbons (Fsp3) is 0.353. The number of nitrogens with zero attached hydrogens (tertiary/aromatic N) is 3. The van der Waals surface area contributed by atoms with Crippen LogP contribution >= 0.6 is 22.9 Å². The molecule has 3 aromatic rings. The molecule has 2 heterocycles. The van der Waals surface area contributed by atoms with Gasteiger partial charge in [-0.2, -0.15) is 9.78 Å². The Balaban J connectivity index is 1.99. The highest BCUT2D eigenvalue weighted by Crippen LogP contribution is 2.30. The molecule has 0 fully saturated rings. The Morgan fingerprint density at radius 2 is 2.16 bits per heavy atom. The Bertz CT molecular complexity index is 932. The van der Waals surface area contributed by atoms with Gasteiger partial charge in [-0.15, -0.1) is 11.6 Å². The van der Waals surface area contributed by atoms with Crippen LogP contribution in [-0.2, 0) is 4.79 Å². The van der Waals surface area contributed by atoms with Gasteiger partial charge < -0.3 is 10.1 Å². The smallest absolute Gasteiger partial charge is 0.232 e. The number of fused-ring (bicyclic) bond motifs is 1.